The van der Waals surface area contributed by atoms with E-state index in [9.17, 15) is 13.2 Å². The molecule has 1 unspecified atom stereocenters. The lowest BCUT2D eigenvalue weighted by Crippen LogP contribution is -2.45. The highest BCUT2D eigenvalue weighted by Crippen LogP contribution is 2.27. The van der Waals surface area contributed by atoms with Gasteiger partial charge in [0, 0.05) is 11.8 Å². The van der Waals surface area contributed by atoms with Gasteiger partial charge in [-0.05, 0) is 69.0 Å². The van der Waals surface area contributed by atoms with Gasteiger partial charge in [0.25, 0.3) is 0 Å². The van der Waals surface area contributed by atoms with Gasteiger partial charge in [-0.1, -0.05) is 6.07 Å². The fourth-order valence-corrected chi connectivity index (χ4v) is 4.79. The molecule has 1 fully saturated rings. The third-order valence-electron chi connectivity index (χ3n) is 5.12. The van der Waals surface area contributed by atoms with Gasteiger partial charge in [0.05, 0.1) is 25.2 Å². The lowest BCUT2D eigenvalue weighted by atomic mass is 10.2. The maximum Gasteiger partial charge on any atom is 0.247 e. The molecule has 7 nitrogen and oxygen atoms in total. The summed E-state index contributed by atoms with van der Waals surface area (Å²) >= 11 is 0. The summed E-state index contributed by atoms with van der Waals surface area (Å²) in [6, 6.07) is 12.8. The van der Waals surface area contributed by atoms with Gasteiger partial charge < -0.3 is 14.8 Å². The molecule has 1 aliphatic rings. The van der Waals surface area contributed by atoms with Crippen molar-refractivity contribution in [3.05, 3.63) is 48.5 Å². The van der Waals surface area contributed by atoms with Gasteiger partial charge in [-0.3, -0.25) is 9.10 Å². The van der Waals surface area contributed by atoms with Crippen LogP contribution in [-0.2, 0) is 14.8 Å². The van der Waals surface area contributed by atoms with E-state index in [0.717, 1.165) is 29.2 Å². The Balaban J connectivity index is 1.72. The maximum atomic E-state index is 12.8. The van der Waals surface area contributed by atoms with E-state index in [-0.39, 0.29) is 6.10 Å². The Hall–Kier alpha value is -2.74. The molecule has 0 aliphatic heterocycles. The Kier molecular flexibility index (Phi) is 6.87. The van der Waals surface area contributed by atoms with Crippen LogP contribution in [0.25, 0.3) is 0 Å². The quantitative estimate of drug-likeness (QED) is 0.686. The number of ether oxygens (including phenoxy) is 2. The molecule has 0 aromatic heterocycles. The van der Waals surface area contributed by atoms with E-state index >= 15 is 0 Å². The highest BCUT2D eigenvalue weighted by atomic mass is 32.2. The number of benzene rings is 2. The van der Waals surface area contributed by atoms with Crippen LogP contribution < -0.4 is 19.1 Å². The fraction of sp³-hybridized carbons (Fsp3) is 0.409. The summed E-state index contributed by atoms with van der Waals surface area (Å²) in [7, 11) is -2.20. The minimum Gasteiger partial charge on any atom is -0.497 e. The Morgan fingerprint density at radius 2 is 1.77 bits per heavy atom. The summed E-state index contributed by atoms with van der Waals surface area (Å²) in [4.78, 5) is 12.8. The first-order chi connectivity index (χ1) is 14.3. The molecule has 1 N–H and O–H groups in total. The lowest BCUT2D eigenvalue weighted by molar-refractivity contribution is -0.116. The molecule has 1 amide bonds. The minimum absolute atomic E-state index is 0.261. The SMILES string of the molecule is COc1cccc(N(C(C)C(=O)Nc2ccc(OC3CCCC3)cc2)S(C)(=O)=O)c1. The normalized spacial score (nSPS) is 15.4. The minimum atomic E-state index is -3.70. The van der Waals surface area contributed by atoms with Crippen LogP contribution in [-0.4, -0.2) is 39.8 Å². The van der Waals surface area contributed by atoms with Crippen molar-refractivity contribution in [1.29, 1.82) is 0 Å². The van der Waals surface area contributed by atoms with Crippen LogP contribution in [0.2, 0.25) is 0 Å². The Morgan fingerprint density at radius 1 is 1.10 bits per heavy atom. The predicted molar refractivity (Wildman–Crippen MR) is 118 cm³/mol. The van der Waals surface area contributed by atoms with E-state index < -0.39 is 22.0 Å². The van der Waals surface area contributed by atoms with Crippen LogP contribution in [0.15, 0.2) is 48.5 Å². The first-order valence-corrected chi connectivity index (χ1v) is 11.8. The molecule has 2 aromatic rings. The first-order valence-electron chi connectivity index (χ1n) is 9.99. The van der Waals surface area contributed by atoms with E-state index in [0.29, 0.717) is 17.1 Å². The van der Waals surface area contributed by atoms with Crippen molar-refractivity contribution in [2.75, 3.05) is 23.0 Å². The number of nitrogens with one attached hydrogen (secondary N) is 1. The van der Waals surface area contributed by atoms with Gasteiger partial charge >= 0.3 is 0 Å². The van der Waals surface area contributed by atoms with Gasteiger partial charge in [0.15, 0.2) is 0 Å². The first kappa shape index (κ1) is 22.0. The third-order valence-corrected chi connectivity index (χ3v) is 6.36. The van der Waals surface area contributed by atoms with Crippen LogP contribution in [0, 0.1) is 0 Å². The van der Waals surface area contributed by atoms with E-state index in [1.807, 2.05) is 12.1 Å². The van der Waals surface area contributed by atoms with Gasteiger partial charge in [-0.2, -0.15) is 0 Å². The van der Waals surface area contributed by atoms with Gasteiger partial charge in [-0.25, -0.2) is 8.42 Å². The molecule has 30 heavy (non-hydrogen) atoms. The zero-order valence-electron chi connectivity index (χ0n) is 17.5. The molecule has 1 saturated carbocycles. The number of sulfonamides is 1. The van der Waals surface area contributed by atoms with Crippen LogP contribution in [0.3, 0.4) is 0 Å². The number of methoxy groups -OCH3 is 1. The molecule has 0 heterocycles. The number of rotatable bonds is 8. The summed E-state index contributed by atoms with van der Waals surface area (Å²) < 4.78 is 37.1. The summed E-state index contributed by atoms with van der Waals surface area (Å²) in [5.41, 5.74) is 0.935. The molecule has 8 heteroatoms. The van der Waals surface area contributed by atoms with Crippen molar-refractivity contribution < 1.29 is 22.7 Å². The number of nitrogens with zero attached hydrogens (tertiary/aromatic N) is 1. The van der Waals surface area contributed by atoms with E-state index in [1.165, 1.54) is 20.0 Å². The second kappa shape index (κ2) is 9.38. The van der Waals surface area contributed by atoms with Crippen LogP contribution in [0.5, 0.6) is 11.5 Å². The zero-order chi connectivity index (χ0) is 21.7. The number of carbonyl (C=O) groups excluding carboxylic acids is 1. The Bertz CT molecular complexity index is 969. The summed E-state index contributed by atoms with van der Waals surface area (Å²) in [6.07, 6.45) is 5.87. The largest absolute Gasteiger partial charge is 0.497 e. The second-order valence-electron chi connectivity index (χ2n) is 7.47. The number of hydrogen-bond acceptors (Lipinski definition) is 5. The average molecular weight is 433 g/mol. The van der Waals surface area contributed by atoms with Crippen molar-refractivity contribution in [3.8, 4) is 11.5 Å². The molecule has 1 aliphatic carbocycles. The standard InChI is InChI=1S/C22H28N2O5S/c1-16(24(30(3,26)27)18-7-6-10-21(15-18)28-2)22(25)23-17-11-13-20(14-12-17)29-19-8-4-5-9-19/h6-7,10-16,19H,4-5,8-9H2,1-3H3,(H,23,25). The second-order valence-corrected chi connectivity index (χ2v) is 9.33. The summed E-state index contributed by atoms with van der Waals surface area (Å²) in [5, 5.41) is 2.78. The molecular weight excluding hydrogens is 404 g/mol. The van der Waals surface area contributed by atoms with Crippen molar-refractivity contribution in [2.24, 2.45) is 0 Å². The smallest absolute Gasteiger partial charge is 0.247 e. The van der Waals surface area contributed by atoms with Crippen molar-refractivity contribution in [3.63, 3.8) is 0 Å². The van der Waals surface area contributed by atoms with Crippen LogP contribution >= 0.6 is 0 Å². The fourth-order valence-electron chi connectivity index (χ4n) is 3.62. The lowest BCUT2D eigenvalue weighted by Gasteiger charge is -2.28. The maximum absolute atomic E-state index is 12.8. The van der Waals surface area contributed by atoms with Crippen LogP contribution in [0.1, 0.15) is 32.6 Å². The van der Waals surface area contributed by atoms with E-state index in [4.69, 9.17) is 9.47 Å². The van der Waals surface area contributed by atoms with E-state index in [1.54, 1.807) is 43.3 Å². The summed E-state index contributed by atoms with van der Waals surface area (Å²) in [6.45, 7) is 1.55. The predicted octanol–water partition coefficient (Wildman–Crippen LogP) is 3.81. The average Bonchev–Trinajstić information content (AvgIpc) is 3.21. The molecule has 1 atom stereocenters. The topological polar surface area (TPSA) is 84.9 Å². The molecule has 162 valence electrons. The zero-order valence-corrected chi connectivity index (χ0v) is 18.3. The van der Waals surface area contributed by atoms with Gasteiger partial charge in [0.2, 0.25) is 15.9 Å². The molecule has 0 spiro atoms. The number of hydrogen-bond donors (Lipinski definition) is 1. The van der Waals surface area contributed by atoms with Crippen molar-refractivity contribution in [2.45, 2.75) is 44.8 Å². The highest BCUT2D eigenvalue weighted by molar-refractivity contribution is 7.92. The van der Waals surface area contributed by atoms with Crippen molar-refractivity contribution >= 4 is 27.3 Å². The monoisotopic (exact) mass is 432 g/mol. The molecule has 0 radical (unpaired) electrons. The summed E-state index contributed by atoms with van der Waals surface area (Å²) in [5.74, 6) is 0.835. The molecule has 0 bridgehead atoms. The number of amides is 1. The third kappa shape index (κ3) is 5.44. The van der Waals surface area contributed by atoms with Gasteiger partial charge in [-0.15, -0.1) is 0 Å². The van der Waals surface area contributed by atoms with Crippen LogP contribution in [0.4, 0.5) is 11.4 Å². The molecule has 2 aromatic carbocycles. The van der Waals surface area contributed by atoms with E-state index in [2.05, 4.69) is 5.32 Å². The Labute approximate surface area is 178 Å². The number of anilines is 2. The molecular formula is C22H28N2O5S. The highest BCUT2D eigenvalue weighted by Gasteiger charge is 2.29. The number of carbonyl (C=O) groups is 1. The molecule has 3 rings (SSSR count). The van der Waals surface area contributed by atoms with Gasteiger partial charge in [0.1, 0.15) is 17.5 Å². The Morgan fingerprint density at radius 3 is 2.37 bits per heavy atom. The van der Waals surface area contributed by atoms with Crippen molar-refractivity contribution in [1.82, 2.24) is 0 Å². The molecule has 0 saturated heterocycles.